The fraction of sp³-hybridized carbons (Fsp3) is 0.455. The molecule has 1 aliphatic heterocycles. The summed E-state index contributed by atoms with van der Waals surface area (Å²) < 4.78 is 0. The molecule has 0 saturated carbocycles. The van der Waals surface area contributed by atoms with Gasteiger partial charge >= 0.3 is 0 Å². The van der Waals surface area contributed by atoms with Gasteiger partial charge in [0.15, 0.2) is 0 Å². The van der Waals surface area contributed by atoms with Crippen molar-refractivity contribution in [1.82, 2.24) is 0 Å². The zero-order chi connectivity index (χ0) is 8.13. The zero-order valence-electron chi connectivity index (χ0n) is 7.26. The van der Waals surface area contributed by atoms with Crippen LogP contribution in [0.3, 0.4) is 0 Å². The predicted molar refractivity (Wildman–Crippen MR) is 52.9 cm³/mol. The highest BCUT2D eigenvalue weighted by Crippen LogP contribution is 2.43. The second kappa shape index (κ2) is 2.29. The first kappa shape index (κ1) is 7.02. The molecule has 1 heterocycles. The van der Waals surface area contributed by atoms with Gasteiger partial charge in [0.2, 0.25) is 0 Å². The Hall–Kier alpha value is -0.430. The standard InChI is InChI=1S/C11H12S/c1-2-10-5-9-4-7-3-8(7)6-11(9)12-10/h4,6,10H,2-3,5H2,1H3. The molecule has 0 fully saturated rings. The fourth-order valence-corrected chi connectivity index (χ4v) is 3.24. The van der Waals surface area contributed by atoms with Crippen LogP contribution < -0.4 is 0 Å². The number of thioether (sulfide) groups is 1. The van der Waals surface area contributed by atoms with Crippen LogP contribution in [-0.4, -0.2) is 5.25 Å². The smallest absolute Gasteiger partial charge is 0.0133 e. The molecule has 1 unspecified atom stereocenters. The predicted octanol–water partition coefficient (Wildman–Crippen LogP) is 3.02. The Morgan fingerprint density at radius 2 is 2.17 bits per heavy atom. The van der Waals surface area contributed by atoms with Crippen molar-refractivity contribution in [1.29, 1.82) is 0 Å². The molecule has 0 bridgehead atoms. The average molecular weight is 176 g/mol. The lowest BCUT2D eigenvalue weighted by Crippen LogP contribution is -1.96. The minimum Gasteiger partial charge on any atom is -0.122 e. The van der Waals surface area contributed by atoms with Crippen molar-refractivity contribution in [2.45, 2.75) is 36.3 Å². The van der Waals surface area contributed by atoms with Gasteiger partial charge in [-0.3, -0.25) is 0 Å². The summed E-state index contributed by atoms with van der Waals surface area (Å²) >= 11 is 2.08. The number of hydrogen-bond donors (Lipinski definition) is 0. The van der Waals surface area contributed by atoms with Gasteiger partial charge < -0.3 is 0 Å². The van der Waals surface area contributed by atoms with Gasteiger partial charge in [0, 0.05) is 10.1 Å². The van der Waals surface area contributed by atoms with E-state index in [9.17, 15) is 0 Å². The van der Waals surface area contributed by atoms with Gasteiger partial charge in [-0.05, 0) is 42.0 Å². The Labute approximate surface area is 77.4 Å². The van der Waals surface area contributed by atoms with Crippen molar-refractivity contribution in [2.75, 3.05) is 0 Å². The van der Waals surface area contributed by atoms with Crippen molar-refractivity contribution in [3.05, 3.63) is 28.8 Å². The van der Waals surface area contributed by atoms with Gasteiger partial charge in [-0.2, -0.15) is 0 Å². The van der Waals surface area contributed by atoms with Crippen molar-refractivity contribution < 1.29 is 0 Å². The summed E-state index contributed by atoms with van der Waals surface area (Å²) in [5.74, 6) is 0. The van der Waals surface area contributed by atoms with E-state index in [1.54, 1.807) is 21.6 Å². The van der Waals surface area contributed by atoms with Crippen LogP contribution in [-0.2, 0) is 12.8 Å². The van der Waals surface area contributed by atoms with E-state index in [0.29, 0.717) is 0 Å². The van der Waals surface area contributed by atoms with Gasteiger partial charge in [0.25, 0.3) is 0 Å². The van der Waals surface area contributed by atoms with E-state index in [0.717, 1.165) is 5.25 Å². The van der Waals surface area contributed by atoms with Gasteiger partial charge in [-0.25, -0.2) is 0 Å². The monoisotopic (exact) mass is 176 g/mol. The second-order valence-corrected chi connectivity index (χ2v) is 5.10. The molecule has 1 atom stereocenters. The molecule has 3 rings (SSSR count). The van der Waals surface area contributed by atoms with Gasteiger partial charge in [0.05, 0.1) is 0 Å². The Morgan fingerprint density at radius 1 is 1.33 bits per heavy atom. The van der Waals surface area contributed by atoms with E-state index in [2.05, 4.69) is 30.8 Å². The molecule has 12 heavy (non-hydrogen) atoms. The fourth-order valence-electron chi connectivity index (χ4n) is 1.94. The first-order valence-corrected chi connectivity index (χ1v) is 5.56. The van der Waals surface area contributed by atoms with Crippen molar-refractivity contribution >= 4 is 11.8 Å². The third-order valence-corrected chi connectivity index (χ3v) is 4.30. The van der Waals surface area contributed by atoms with E-state index < -0.39 is 0 Å². The highest BCUT2D eigenvalue weighted by Gasteiger charge is 2.26. The number of hydrogen-bond acceptors (Lipinski definition) is 1. The Bertz CT molecular complexity index is 310. The zero-order valence-corrected chi connectivity index (χ0v) is 8.08. The lowest BCUT2D eigenvalue weighted by Gasteiger charge is -2.00. The van der Waals surface area contributed by atoms with Gasteiger partial charge in [-0.15, -0.1) is 11.8 Å². The Morgan fingerprint density at radius 3 is 3.00 bits per heavy atom. The summed E-state index contributed by atoms with van der Waals surface area (Å²) in [6.45, 7) is 2.29. The molecule has 0 aromatic heterocycles. The molecule has 0 saturated heterocycles. The topological polar surface area (TPSA) is 0 Å². The molecule has 1 aliphatic carbocycles. The van der Waals surface area contributed by atoms with Gasteiger partial charge in [-0.1, -0.05) is 13.0 Å². The summed E-state index contributed by atoms with van der Waals surface area (Å²) in [6.07, 6.45) is 3.89. The van der Waals surface area contributed by atoms with Crippen molar-refractivity contribution in [3.63, 3.8) is 0 Å². The van der Waals surface area contributed by atoms with E-state index >= 15 is 0 Å². The summed E-state index contributed by atoms with van der Waals surface area (Å²) in [5, 5.41) is 0.862. The van der Waals surface area contributed by atoms with Gasteiger partial charge in [0.1, 0.15) is 0 Å². The largest absolute Gasteiger partial charge is 0.122 e. The lowest BCUT2D eigenvalue weighted by molar-refractivity contribution is 0.830. The first-order valence-electron chi connectivity index (χ1n) is 4.68. The molecule has 0 N–H and O–H groups in total. The van der Waals surface area contributed by atoms with Crippen molar-refractivity contribution in [2.24, 2.45) is 0 Å². The molecule has 0 spiro atoms. The van der Waals surface area contributed by atoms with Crippen LogP contribution >= 0.6 is 11.8 Å². The maximum absolute atomic E-state index is 2.42. The molecular weight excluding hydrogens is 164 g/mol. The molecular formula is C11H12S. The maximum Gasteiger partial charge on any atom is 0.0133 e. The van der Waals surface area contributed by atoms with Crippen LogP contribution in [0, 0.1) is 0 Å². The van der Waals surface area contributed by atoms with E-state index in [-0.39, 0.29) is 0 Å². The summed E-state index contributed by atoms with van der Waals surface area (Å²) in [4.78, 5) is 1.57. The van der Waals surface area contributed by atoms with Crippen LogP contribution in [0.15, 0.2) is 17.0 Å². The first-order chi connectivity index (χ1) is 5.86. The summed E-state index contributed by atoms with van der Waals surface area (Å²) in [6, 6.07) is 4.83. The minimum atomic E-state index is 0.862. The second-order valence-electron chi connectivity index (χ2n) is 3.76. The molecule has 1 aromatic carbocycles. The molecule has 62 valence electrons. The maximum atomic E-state index is 2.42. The number of fused-ring (bicyclic) bond motifs is 2. The highest BCUT2D eigenvalue weighted by molar-refractivity contribution is 8.00. The van der Waals surface area contributed by atoms with Crippen LogP contribution in [0.2, 0.25) is 0 Å². The summed E-state index contributed by atoms with van der Waals surface area (Å²) in [5.41, 5.74) is 4.81. The molecule has 0 radical (unpaired) electrons. The number of rotatable bonds is 1. The highest BCUT2D eigenvalue weighted by atomic mass is 32.2. The van der Waals surface area contributed by atoms with Crippen LogP contribution in [0.1, 0.15) is 30.0 Å². The normalized spacial score (nSPS) is 23.6. The third kappa shape index (κ3) is 0.925. The molecule has 0 amide bonds. The SMILES string of the molecule is CCC1Cc2cc3c(cc2S1)C3. The van der Waals surface area contributed by atoms with Crippen molar-refractivity contribution in [3.8, 4) is 0 Å². The lowest BCUT2D eigenvalue weighted by atomic mass is 10.1. The van der Waals surface area contributed by atoms with Crippen LogP contribution in [0.5, 0.6) is 0 Å². The summed E-state index contributed by atoms with van der Waals surface area (Å²) in [7, 11) is 0. The molecule has 1 aromatic rings. The van der Waals surface area contributed by atoms with Crippen LogP contribution in [0.4, 0.5) is 0 Å². The molecule has 0 nitrogen and oxygen atoms in total. The van der Waals surface area contributed by atoms with E-state index in [4.69, 9.17) is 0 Å². The minimum absolute atomic E-state index is 0.862. The Kier molecular flexibility index (Phi) is 1.34. The quantitative estimate of drug-likeness (QED) is 0.643. The van der Waals surface area contributed by atoms with E-state index in [1.165, 1.54) is 19.3 Å². The average Bonchev–Trinajstić information content (AvgIpc) is 2.69. The third-order valence-electron chi connectivity index (χ3n) is 2.84. The molecule has 2 aliphatic rings. The number of benzene rings is 1. The molecule has 1 heteroatoms. The Balaban J connectivity index is 2.00. The van der Waals surface area contributed by atoms with E-state index in [1.807, 2.05) is 0 Å². The van der Waals surface area contributed by atoms with Crippen LogP contribution in [0.25, 0.3) is 0 Å².